The molecule has 0 bridgehead atoms. The zero-order valence-electron chi connectivity index (χ0n) is 7.39. The average molecular weight is 152 g/mol. The van der Waals surface area contributed by atoms with Gasteiger partial charge in [-0.15, -0.1) is 6.58 Å². The minimum absolute atomic E-state index is 0.167. The minimum atomic E-state index is 0.167. The Kier molecular flexibility index (Phi) is 4.51. The number of ketones is 1. The van der Waals surface area contributed by atoms with E-state index in [0.717, 1.165) is 12.0 Å². The van der Waals surface area contributed by atoms with Crippen molar-refractivity contribution in [2.24, 2.45) is 5.92 Å². The molecule has 0 spiro atoms. The van der Waals surface area contributed by atoms with Crippen LogP contribution in [0.25, 0.3) is 0 Å². The van der Waals surface area contributed by atoms with Gasteiger partial charge in [0, 0.05) is 6.42 Å². The van der Waals surface area contributed by atoms with Crippen LogP contribution in [0.3, 0.4) is 0 Å². The summed E-state index contributed by atoms with van der Waals surface area (Å²) in [5, 5.41) is 0. The summed E-state index contributed by atoms with van der Waals surface area (Å²) in [6, 6.07) is 0. The number of carbonyl (C=O) groups excluding carboxylic acids is 1. The first-order valence-electron chi connectivity index (χ1n) is 3.92. The van der Waals surface area contributed by atoms with Crippen LogP contribution >= 0.6 is 0 Å². The maximum atomic E-state index is 11.2. The number of rotatable bonds is 5. The number of hydrogen-bond donors (Lipinski definition) is 0. The summed E-state index contributed by atoms with van der Waals surface area (Å²) >= 11 is 0. The van der Waals surface area contributed by atoms with E-state index in [2.05, 4.69) is 13.2 Å². The Bertz CT molecular complexity index is 166. The van der Waals surface area contributed by atoms with E-state index in [1.165, 1.54) is 0 Å². The van der Waals surface area contributed by atoms with Crippen molar-refractivity contribution in [2.45, 2.75) is 26.7 Å². The third kappa shape index (κ3) is 3.76. The fourth-order valence-corrected chi connectivity index (χ4v) is 0.716. The van der Waals surface area contributed by atoms with Gasteiger partial charge >= 0.3 is 0 Å². The Balaban J connectivity index is 3.83. The summed E-state index contributed by atoms with van der Waals surface area (Å²) < 4.78 is 0. The minimum Gasteiger partial charge on any atom is -0.295 e. The molecular formula is C10H16O. The molecule has 0 aromatic rings. The fraction of sp³-hybridized carbons (Fsp3) is 0.500. The van der Waals surface area contributed by atoms with Crippen LogP contribution in [0.1, 0.15) is 26.7 Å². The second-order valence-corrected chi connectivity index (χ2v) is 2.93. The first-order valence-corrected chi connectivity index (χ1v) is 3.92. The molecule has 0 aliphatic carbocycles. The summed E-state index contributed by atoms with van der Waals surface area (Å²) in [7, 11) is 0. The molecule has 0 N–H and O–H groups in total. The van der Waals surface area contributed by atoms with Gasteiger partial charge in [-0.2, -0.15) is 0 Å². The second kappa shape index (κ2) is 4.89. The van der Waals surface area contributed by atoms with Crippen LogP contribution in [0.15, 0.2) is 24.8 Å². The Morgan fingerprint density at radius 3 is 2.45 bits per heavy atom. The molecule has 0 unspecified atom stereocenters. The molecule has 0 heterocycles. The lowest BCUT2D eigenvalue weighted by Gasteiger charge is -2.06. The van der Waals surface area contributed by atoms with Crippen LogP contribution < -0.4 is 0 Å². The average Bonchev–Trinajstić information content (AvgIpc) is 1.98. The van der Waals surface area contributed by atoms with Crippen molar-refractivity contribution in [3.8, 4) is 0 Å². The zero-order chi connectivity index (χ0) is 8.85. The van der Waals surface area contributed by atoms with Gasteiger partial charge in [0.2, 0.25) is 0 Å². The van der Waals surface area contributed by atoms with Gasteiger partial charge in [-0.3, -0.25) is 4.79 Å². The van der Waals surface area contributed by atoms with E-state index in [9.17, 15) is 4.79 Å². The smallest absolute Gasteiger partial charge is 0.158 e. The summed E-state index contributed by atoms with van der Waals surface area (Å²) in [4.78, 5) is 11.2. The molecule has 0 saturated heterocycles. The summed E-state index contributed by atoms with van der Waals surface area (Å²) in [5.41, 5.74) is 0.729. The highest BCUT2D eigenvalue weighted by atomic mass is 16.1. The monoisotopic (exact) mass is 152 g/mol. The van der Waals surface area contributed by atoms with Gasteiger partial charge < -0.3 is 0 Å². The van der Waals surface area contributed by atoms with E-state index in [-0.39, 0.29) is 11.7 Å². The molecule has 0 amide bonds. The highest BCUT2D eigenvalue weighted by Crippen LogP contribution is 2.10. The molecule has 1 nitrogen and oxygen atoms in total. The lowest BCUT2D eigenvalue weighted by atomic mass is 9.98. The number of Topliss-reactive ketones (excluding diaryl/α,β-unsaturated/α-hetero) is 1. The van der Waals surface area contributed by atoms with Crippen LogP contribution in [-0.4, -0.2) is 5.78 Å². The highest BCUT2D eigenvalue weighted by Gasteiger charge is 2.08. The van der Waals surface area contributed by atoms with Crippen LogP contribution in [0.4, 0.5) is 0 Å². The Morgan fingerprint density at radius 2 is 2.09 bits per heavy atom. The van der Waals surface area contributed by atoms with Crippen molar-refractivity contribution in [3.05, 3.63) is 24.8 Å². The van der Waals surface area contributed by atoms with Crippen LogP contribution in [0, 0.1) is 5.92 Å². The Hall–Kier alpha value is -0.850. The molecular weight excluding hydrogens is 136 g/mol. The van der Waals surface area contributed by atoms with Gasteiger partial charge in [0.15, 0.2) is 5.78 Å². The van der Waals surface area contributed by atoms with Crippen molar-refractivity contribution in [2.75, 3.05) is 0 Å². The predicted molar refractivity (Wildman–Crippen MR) is 48.4 cm³/mol. The van der Waals surface area contributed by atoms with Crippen molar-refractivity contribution < 1.29 is 4.79 Å². The summed E-state index contributed by atoms with van der Waals surface area (Å²) in [6.07, 6.45) is 3.07. The van der Waals surface area contributed by atoms with Gasteiger partial charge in [-0.1, -0.05) is 26.5 Å². The van der Waals surface area contributed by atoms with E-state index < -0.39 is 0 Å². The lowest BCUT2D eigenvalue weighted by Crippen LogP contribution is -2.06. The molecule has 0 aliphatic heterocycles. The Morgan fingerprint density at radius 1 is 1.55 bits per heavy atom. The third-order valence-electron chi connectivity index (χ3n) is 1.63. The summed E-state index contributed by atoms with van der Waals surface area (Å²) in [5.74, 6) is 0.437. The Labute approximate surface area is 68.8 Å². The first kappa shape index (κ1) is 10.2. The maximum absolute atomic E-state index is 11.2. The zero-order valence-corrected chi connectivity index (χ0v) is 7.39. The van der Waals surface area contributed by atoms with Crippen molar-refractivity contribution >= 4 is 5.78 Å². The normalized spacial score (nSPS) is 9.73. The van der Waals surface area contributed by atoms with E-state index in [4.69, 9.17) is 0 Å². The van der Waals surface area contributed by atoms with Crippen molar-refractivity contribution in [1.82, 2.24) is 0 Å². The van der Waals surface area contributed by atoms with Crippen LogP contribution in [0.5, 0.6) is 0 Å². The molecule has 0 radical (unpaired) electrons. The SMILES string of the molecule is C=CCCC(=O)C(=C)C(C)C. The third-order valence-corrected chi connectivity index (χ3v) is 1.63. The van der Waals surface area contributed by atoms with E-state index >= 15 is 0 Å². The van der Waals surface area contributed by atoms with Crippen LogP contribution in [0.2, 0.25) is 0 Å². The molecule has 0 aromatic heterocycles. The summed E-state index contributed by atoms with van der Waals surface area (Å²) in [6.45, 7) is 11.2. The van der Waals surface area contributed by atoms with Gasteiger partial charge in [0.05, 0.1) is 0 Å². The predicted octanol–water partition coefficient (Wildman–Crippen LogP) is 2.73. The molecule has 0 fully saturated rings. The van der Waals surface area contributed by atoms with Crippen LogP contribution in [-0.2, 0) is 4.79 Å². The van der Waals surface area contributed by atoms with Gasteiger partial charge in [0.1, 0.15) is 0 Å². The molecule has 0 aromatic carbocycles. The highest BCUT2D eigenvalue weighted by molar-refractivity contribution is 5.95. The molecule has 1 heteroatoms. The van der Waals surface area contributed by atoms with Crippen molar-refractivity contribution in [3.63, 3.8) is 0 Å². The largest absolute Gasteiger partial charge is 0.295 e. The quantitative estimate of drug-likeness (QED) is 0.437. The van der Waals surface area contributed by atoms with Crippen molar-refractivity contribution in [1.29, 1.82) is 0 Å². The van der Waals surface area contributed by atoms with Gasteiger partial charge in [0.25, 0.3) is 0 Å². The molecule has 62 valence electrons. The molecule has 0 saturated carbocycles. The molecule has 0 rings (SSSR count). The molecule has 11 heavy (non-hydrogen) atoms. The maximum Gasteiger partial charge on any atom is 0.158 e. The first-order chi connectivity index (χ1) is 5.09. The fourth-order valence-electron chi connectivity index (χ4n) is 0.716. The number of hydrogen-bond acceptors (Lipinski definition) is 1. The van der Waals surface area contributed by atoms with E-state index in [1.54, 1.807) is 6.08 Å². The number of carbonyl (C=O) groups is 1. The molecule has 0 atom stereocenters. The van der Waals surface area contributed by atoms with Gasteiger partial charge in [-0.25, -0.2) is 0 Å². The van der Waals surface area contributed by atoms with E-state index in [1.807, 2.05) is 13.8 Å². The topological polar surface area (TPSA) is 17.1 Å². The standard InChI is InChI=1S/C10H16O/c1-5-6-7-10(11)9(4)8(2)3/h5,8H,1,4,6-7H2,2-3H3. The van der Waals surface area contributed by atoms with Gasteiger partial charge in [-0.05, 0) is 17.9 Å². The number of allylic oxidation sites excluding steroid dienone is 2. The van der Waals surface area contributed by atoms with E-state index in [0.29, 0.717) is 6.42 Å². The second-order valence-electron chi connectivity index (χ2n) is 2.93. The molecule has 0 aliphatic rings. The lowest BCUT2D eigenvalue weighted by molar-refractivity contribution is -0.115.